The lowest BCUT2D eigenvalue weighted by Gasteiger charge is -2.28. The average Bonchev–Trinajstić information content (AvgIpc) is 2.24. The van der Waals surface area contributed by atoms with Crippen LogP contribution >= 0.6 is 11.8 Å². The maximum Gasteiger partial charge on any atom is 0.404 e. The van der Waals surface area contributed by atoms with Crippen LogP contribution in [0.5, 0.6) is 0 Å². The summed E-state index contributed by atoms with van der Waals surface area (Å²) in [7, 11) is 0. The number of amidine groups is 1. The molecule has 0 saturated carbocycles. The molecule has 0 spiro atoms. The number of thioether (sulfide) groups is 1. The number of hydrogen-bond donors (Lipinski definition) is 2. The fraction of sp³-hybridized carbons (Fsp3) is 0.800. The zero-order chi connectivity index (χ0) is 12.0. The second-order valence-electron chi connectivity index (χ2n) is 3.99. The Morgan fingerprint density at radius 2 is 2.50 bits per heavy atom. The van der Waals surface area contributed by atoms with Gasteiger partial charge in [0.2, 0.25) is 0 Å². The SMILES string of the molecule is CC(C)C1CCSC(=NCCOC(N)=O)N1. The van der Waals surface area contributed by atoms with E-state index in [1.807, 2.05) is 0 Å². The summed E-state index contributed by atoms with van der Waals surface area (Å²) < 4.78 is 4.60. The zero-order valence-electron chi connectivity index (χ0n) is 9.73. The van der Waals surface area contributed by atoms with Crippen LogP contribution in [0.15, 0.2) is 4.99 Å². The first-order chi connectivity index (χ1) is 7.59. The summed E-state index contributed by atoms with van der Waals surface area (Å²) in [5.74, 6) is 1.69. The van der Waals surface area contributed by atoms with Crippen molar-refractivity contribution < 1.29 is 9.53 Å². The molecule has 1 aliphatic heterocycles. The first-order valence-electron chi connectivity index (χ1n) is 5.45. The molecule has 1 fully saturated rings. The van der Waals surface area contributed by atoms with Gasteiger partial charge in [0.1, 0.15) is 6.61 Å². The Labute approximate surface area is 100 Å². The molecule has 5 nitrogen and oxygen atoms in total. The Hall–Kier alpha value is -0.910. The van der Waals surface area contributed by atoms with E-state index < -0.39 is 6.09 Å². The summed E-state index contributed by atoms with van der Waals surface area (Å²) in [4.78, 5) is 14.6. The fourth-order valence-corrected chi connectivity index (χ4v) is 2.42. The normalized spacial score (nSPS) is 23.2. The van der Waals surface area contributed by atoms with Crippen LogP contribution < -0.4 is 11.1 Å². The van der Waals surface area contributed by atoms with Gasteiger partial charge in [-0.05, 0) is 12.3 Å². The van der Waals surface area contributed by atoms with Gasteiger partial charge in [0, 0.05) is 11.8 Å². The smallest absolute Gasteiger partial charge is 0.404 e. The summed E-state index contributed by atoms with van der Waals surface area (Å²) in [6, 6.07) is 0.497. The second-order valence-corrected chi connectivity index (χ2v) is 5.07. The molecular weight excluding hydrogens is 226 g/mol. The summed E-state index contributed by atoms with van der Waals surface area (Å²) in [6.45, 7) is 5.10. The van der Waals surface area contributed by atoms with Crippen molar-refractivity contribution in [3.8, 4) is 0 Å². The van der Waals surface area contributed by atoms with Crippen LogP contribution in [0.1, 0.15) is 20.3 Å². The van der Waals surface area contributed by atoms with E-state index in [1.165, 1.54) is 6.42 Å². The van der Waals surface area contributed by atoms with Crippen molar-refractivity contribution in [1.29, 1.82) is 0 Å². The largest absolute Gasteiger partial charge is 0.448 e. The summed E-state index contributed by atoms with van der Waals surface area (Å²) in [5, 5.41) is 4.32. The average molecular weight is 245 g/mol. The molecule has 16 heavy (non-hydrogen) atoms. The van der Waals surface area contributed by atoms with Gasteiger partial charge >= 0.3 is 6.09 Å². The lowest BCUT2D eigenvalue weighted by Crippen LogP contribution is -2.41. The quantitative estimate of drug-likeness (QED) is 0.729. The second kappa shape index (κ2) is 6.62. The summed E-state index contributed by atoms with van der Waals surface area (Å²) >= 11 is 1.71. The highest BCUT2D eigenvalue weighted by Gasteiger charge is 2.19. The predicted molar refractivity (Wildman–Crippen MR) is 66.7 cm³/mol. The van der Waals surface area contributed by atoms with Crippen molar-refractivity contribution in [1.82, 2.24) is 5.32 Å². The summed E-state index contributed by atoms with van der Waals surface area (Å²) in [5.41, 5.74) is 4.84. The Balaban J connectivity index is 2.29. The lowest BCUT2D eigenvalue weighted by molar-refractivity contribution is 0.160. The van der Waals surface area contributed by atoms with Gasteiger partial charge in [-0.1, -0.05) is 25.6 Å². The van der Waals surface area contributed by atoms with Crippen LogP contribution in [0.2, 0.25) is 0 Å². The van der Waals surface area contributed by atoms with E-state index in [2.05, 4.69) is 28.9 Å². The molecule has 1 rings (SSSR count). The Kier molecular flexibility index (Phi) is 5.45. The topological polar surface area (TPSA) is 76.7 Å². The third-order valence-electron chi connectivity index (χ3n) is 2.37. The van der Waals surface area contributed by atoms with Gasteiger partial charge in [0.05, 0.1) is 6.54 Å². The minimum atomic E-state index is -0.746. The van der Waals surface area contributed by atoms with E-state index in [0.717, 1.165) is 10.9 Å². The monoisotopic (exact) mass is 245 g/mol. The van der Waals surface area contributed by atoms with Crippen molar-refractivity contribution in [2.45, 2.75) is 26.3 Å². The highest BCUT2D eigenvalue weighted by molar-refractivity contribution is 8.13. The standard InChI is InChI=1S/C10H19N3O2S/c1-7(2)8-3-6-16-10(13-8)12-4-5-15-9(11)14/h7-8H,3-6H2,1-2H3,(H2,11,14)(H,12,13). The Morgan fingerprint density at radius 1 is 1.75 bits per heavy atom. The molecule has 1 heterocycles. The van der Waals surface area contributed by atoms with Gasteiger partial charge in [0.15, 0.2) is 5.17 Å². The van der Waals surface area contributed by atoms with E-state index in [-0.39, 0.29) is 6.61 Å². The number of hydrogen-bond acceptors (Lipinski definition) is 4. The van der Waals surface area contributed by atoms with Crippen LogP contribution in [0.4, 0.5) is 4.79 Å². The maximum atomic E-state index is 10.3. The molecule has 3 N–H and O–H groups in total. The number of rotatable bonds is 4. The molecule has 92 valence electrons. The number of ether oxygens (including phenoxy) is 1. The molecule has 0 aromatic heterocycles. The van der Waals surface area contributed by atoms with Crippen LogP contribution in [-0.4, -0.2) is 36.2 Å². The number of amides is 1. The molecular formula is C10H19N3O2S. The van der Waals surface area contributed by atoms with Gasteiger partial charge in [-0.15, -0.1) is 0 Å². The van der Waals surface area contributed by atoms with Crippen LogP contribution in [0.3, 0.4) is 0 Å². The molecule has 1 unspecified atom stereocenters. The van der Waals surface area contributed by atoms with Crippen LogP contribution in [0.25, 0.3) is 0 Å². The van der Waals surface area contributed by atoms with E-state index in [9.17, 15) is 4.79 Å². The van der Waals surface area contributed by atoms with Gasteiger partial charge < -0.3 is 15.8 Å². The molecule has 1 saturated heterocycles. The van der Waals surface area contributed by atoms with E-state index in [1.54, 1.807) is 11.8 Å². The highest BCUT2D eigenvalue weighted by atomic mass is 32.2. The molecule has 0 aromatic carbocycles. The van der Waals surface area contributed by atoms with Crippen molar-refractivity contribution in [3.63, 3.8) is 0 Å². The van der Waals surface area contributed by atoms with Crippen LogP contribution in [-0.2, 0) is 4.74 Å². The highest BCUT2D eigenvalue weighted by Crippen LogP contribution is 2.18. The van der Waals surface area contributed by atoms with Gasteiger partial charge in [0.25, 0.3) is 0 Å². The fourth-order valence-electron chi connectivity index (χ4n) is 1.44. The molecule has 0 bridgehead atoms. The Morgan fingerprint density at radius 3 is 3.12 bits per heavy atom. The zero-order valence-corrected chi connectivity index (χ0v) is 10.5. The minimum Gasteiger partial charge on any atom is -0.448 e. The first kappa shape index (κ1) is 13.2. The molecule has 6 heteroatoms. The number of nitrogens with one attached hydrogen (secondary N) is 1. The molecule has 1 amide bonds. The molecule has 0 radical (unpaired) electrons. The van der Waals surface area contributed by atoms with Crippen molar-refractivity contribution in [2.24, 2.45) is 16.6 Å². The number of carbonyl (C=O) groups is 1. The third-order valence-corrected chi connectivity index (χ3v) is 3.33. The number of carbonyl (C=O) groups excluding carboxylic acids is 1. The van der Waals surface area contributed by atoms with Crippen LogP contribution in [0, 0.1) is 5.92 Å². The Bertz CT molecular complexity index is 269. The van der Waals surface area contributed by atoms with Crippen molar-refractivity contribution in [2.75, 3.05) is 18.9 Å². The molecule has 0 aromatic rings. The molecule has 1 atom stereocenters. The van der Waals surface area contributed by atoms with E-state index in [0.29, 0.717) is 18.5 Å². The molecule has 0 aliphatic carbocycles. The molecule has 1 aliphatic rings. The van der Waals surface area contributed by atoms with Crippen molar-refractivity contribution >= 4 is 23.0 Å². The van der Waals surface area contributed by atoms with Gasteiger partial charge in [-0.2, -0.15) is 0 Å². The third kappa shape index (κ3) is 4.74. The number of nitrogens with two attached hydrogens (primary N) is 1. The van der Waals surface area contributed by atoms with E-state index >= 15 is 0 Å². The van der Waals surface area contributed by atoms with Gasteiger partial charge in [-0.25, -0.2) is 4.79 Å². The summed E-state index contributed by atoms with van der Waals surface area (Å²) in [6.07, 6.45) is 0.420. The van der Waals surface area contributed by atoms with Gasteiger partial charge in [-0.3, -0.25) is 4.99 Å². The lowest BCUT2D eigenvalue weighted by atomic mass is 10.0. The maximum absolute atomic E-state index is 10.3. The number of primary amides is 1. The number of nitrogens with zero attached hydrogens (tertiary/aromatic N) is 1. The number of aliphatic imine (C=N–C) groups is 1. The van der Waals surface area contributed by atoms with Crippen molar-refractivity contribution in [3.05, 3.63) is 0 Å². The van der Waals surface area contributed by atoms with E-state index in [4.69, 9.17) is 5.73 Å². The minimum absolute atomic E-state index is 0.243. The first-order valence-corrected chi connectivity index (χ1v) is 6.44. The predicted octanol–water partition coefficient (Wildman–Crippen LogP) is 1.19.